The first-order valence-electron chi connectivity index (χ1n) is 9.27. The molecule has 6 rings (SSSR count). The second-order valence-electron chi connectivity index (χ2n) is 7.05. The van der Waals surface area contributed by atoms with E-state index in [1.807, 2.05) is 24.3 Å². The van der Waals surface area contributed by atoms with Crippen LogP contribution in [0.2, 0.25) is 5.02 Å². The molecule has 0 aliphatic rings. The summed E-state index contributed by atoms with van der Waals surface area (Å²) in [6, 6.07) is 31.4. The third-order valence-electron chi connectivity index (χ3n) is 5.42. The largest absolute Gasteiger partial charge is 0.292 e. The Morgan fingerprint density at radius 2 is 1.39 bits per heavy atom. The third kappa shape index (κ3) is 2.19. The smallest absolute Gasteiger partial charge is 0.146 e. The first-order chi connectivity index (χ1) is 13.8. The highest BCUT2D eigenvalue weighted by Crippen LogP contribution is 2.34. The monoisotopic (exact) mass is 378 g/mol. The number of hydrogen-bond donors (Lipinski definition) is 0. The minimum Gasteiger partial charge on any atom is -0.292 e. The average molecular weight is 379 g/mol. The first kappa shape index (κ1) is 15.7. The summed E-state index contributed by atoms with van der Waals surface area (Å²) in [6.07, 6.45) is 0. The van der Waals surface area contributed by atoms with Gasteiger partial charge in [-0.15, -0.1) is 0 Å². The molecule has 0 saturated carbocycles. The minimum atomic E-state index is 0.745. The molecule has 132 valence electrons. The highest BCUT2D eigenvalue weighted by atomic mass is 35.5. The Bertz CT molecular complexity index is 1530. The summed E-state index contributed by atoms with van der Waals surface area (Å²) < 4.78 is 2.28. The van der Waals surface area contributed by atoms with Gasteiger partial charge in [0.2, 0.25) is 0 Å². The van der Waals surface area contributed by atoms with E-state index in [4.69, 9.17) is 16.6 Å². The van der Waals surface area contributed by atoms with E-state index < -0.39 is 0 Å². The van der Waals surface area contributed by atoms with Crippen LogP contribution in [0.1, 0.15) is 0 Å². The lowest BCUT2D eigenvalue weighted by Crippen LogP contribution is -1.92. The normalized spacial score (nSPS) is 11.8. The SMILES string of the molecule is Clc1cccc(-c2ccc3c4ccccc4c4nc5ccccc5n4c3c2)c1. The number of aromatic nitrogens is 2. The molecule has 0 unspecified atom stereocenters. The zero-order chi connectivity index (χ0) is 18.7. The zero-order valence-electron chi connectivity index (χ0n) is 14.9. The molecule has 0 amide bonds. The van der Waals surface area contributed by atoms with Gasteiger partial charge in [0.05, 0.1) is 16.6 Å². The molecule has 3 heteroatoms. The van der Waals surface area contributed by atoms with E-state index in [1.165, 1.54) is 16.2 Å². The number of hydrogen-bond acceptors (Lipinski definition) is 1. The molecular weight excluding hydrogens is 364 g/mol. The van der Waals surface area contributed by atoms with Crippen LogP contribution in [0, 0.1) is 0 Å². The summed E-state index contributed by atoms with van der Waals surface area (Å²) in [6.45, 7) is 0. The van der Waals surface area contributed by atoms with Gasteiger partial charge < -0.3 is 0 Å². The maximum absolute atomic E-state index is 6.23. The number of nitrogens with zero attached hydrogens (tertiary/aromatic N) is 2. The Balaban J connectivity index is 1.84. The fraction of sp³-hybridized carbons (Fsp3) is 0. The molecule has 0 bridgehead atoms. The molecule has 0 atom stereocenters. The van der Waals surface area contributed by atoms with Gasteiger partial charge in [0.1, 0.15) is 5.65 Å². The molecular formula is C25H15ClN2. The second-order valence-corrected chi connectivity index (χ2v) is 7.48. The average Bonchev–Trinajstić information content (AvgIpc) is 3.14. The minimum absolute atomic E-state index is 0.745. The van der Waals surface area contributed by atoms with Gasteiger partial charge in [-0.2, -0.15) is 0 Å². The molecule has 0 aliphatic carbocycles. The molecule has 2 heterocycles. The third-order valence-corrected chi connectivity index (χ3v) is 5.65. The van der Waals surface area contributed by atoms with Crippen molar-refractivity contribution in [2.45, 2.75) is 0 Å². The van der Waals surface area contributed by atoms with Gasteiger partial charge in [-0.05, 0) is 46.8 Å². The summed E-state index contributed by atoms with van der Waals surface area (Å²) >= 11 is 6.23. The highest BCUT2D eigenvalue weighted by molar-refractivity contribution is 6.30. The number of halogens is 1. The molecule has 2 nitrogen and oxygen atoms in total. The van der Waals surface area contributed by atoms with Gasteiger partial charge in [0.15, 0.2) is 0 Å². The molecule has 28 heavy (non-hydrogen) atoms. The Hall–Kier alpha value is -3.36. The molecule has 0 spiro atoms. The summed E-state index contributed by atoms with van der Waals surface area (Å²) in [5.74, 6) is 0. The van der Waals surface area contributed by atoms with Crippen molar-refractivity contribution in [3.05, 3.63) is 96.0 Å². The predicted octanol–water partition coefficient (Wildman–Crippen LogP) is 7.11. The zero-order valence-corrected chi connectivity index (χ0v) is 15.7. The Morgan fingerprint density at radius 3 is 2.29 bits per heavy atom. The van der Waals surface area contributed by atoms with E-state index in [9.17, 15) is 0 Å². The van der Waals surface area contributed by atoms with Crippen LogP contribution in [0.5, 0.6) is 0 Å². The van der Waals surface area contributed by atoms with E-state index in [-0.39, 0.29) is 0 Å². The van der Waals surface area contributed by atoms with E-state index in [1.54, 1.807) is 0 Å². The predicted molar refractivity (Wildman–Crippen MR) is 118 cm³/mol. The number of rotatable bonds is 1. The summed E-state index contributed by atoms with van der Waals surface area (Å²) in [5.41, 5.74) is 6.53. The first-order valence-corrected chi connectivity index (χ1v) is 9.65. The standard InChI is InChI=1S/C25H15ClN2/c26-18-7-5-6-16(14-18)17-12-13-20-19-8-1-2-9-21(19)25-27-22-10-3-4-11-23(22)28(25)24(20)15-17/h1-15H. The van der Waals surface area contributed by atoms with Crippen LogP contribution in [0.25, 0.3) is 49.5 Å². The molecule has 4 aromatic carbocycles. The van der Waals surface area contributed by atoms with E-state index in [0.717, 1.165) is 38.3 Å². The van der Waals surface area contributed by atoms with E-state index in [0.29, 0.717) is 0 Å². The summed E-state index contributed by atoms with van der Waals surface area (Å²) in [5, 5.41) is 4.35. The van der Waals surface area contributed by atoms with Crippen molar-refractivity contribution in [2.75, 3.05) is 0 Å². The highest BCUT2D eigenvalue weighted by Gasteiger charge is 2.14. The molecule has 0 fully saturated rings. The van der Waals surface area contributed by atoms with Gasteiger partial charge >= 0.3 is 0 Å². The van der Waals surface area contributed by atoms with Crippen LogP contribution in [0.4, 0.5) is 0 Å². The van der Waals surface area contributed by atoms with E-state index in [2.05, 4.69) is 71.1 Å². The topological polar surface area (TPSA) is 17.3 Å². The van der Waals surface area contributed by atoms with Crippen molar-refractivity contribution in [3.63, 3.8) is 0 Å². The van der Waals surface area contributed by atoms with Gasteiger partial charge in [-0.25, -0.2) is 4.98 Å². The van der Waals surface area contributed by atoms with Crippen molar-refractivity contribution in [1.29, 1.82) is 0 Å². The number of pyridine rings is 1. The van der Waals surface area contributed by atoms with Gasteiger partial charge in [-0.1, -0.05) is 72.3 Å². The van der Waals surface area contributed by atoms with Crippen molar-refractivity contribution >= 4 is 50.0 Å². The lowest BCUT2D eigenvalue weighted by Gasteiger charge is -2.11. The lowest BCUT2D eigenvalue weighted by molar-refractivity contribution is 1.31. The summed E-state index contributed by atoms with van der Waals surface area (Å²) in [4.78, 5) is 4.95. The van der Waals surface area contributed by atoms with Gasteiger partial charge in [0, 0.05) is 15.8 Å². The Labute approximate surface area is 166 Å². The maximum Gasteiger partial charge on any atom is 0.146 e. The molecule has 0 saturated heterocycles. The van der Waals surface area contributed by atoms with Crippen LogP contribution in [0.15, 0.2) is 91.0 Å². The van der Waals surface area contributed by atoms with Crippen molar-refractivity contribution in [3.8, 4) is 11.1 Å². The molecule has 0 aliphatic heterocycles. The molecule has 6 aromatic rings. The van der Waals surface area contributed by atoms with Crippen LogP contribution in [-0.4, -0.2) is 9.38 Å². The van der Waals surface area contributed by atoms with Crippen LogP contribution >= 0.6 is 11.6 Å². The van der Waals surface area contributed by atoms with Crippen molar-refractivity contribution < 1.29 is 0 Å². The lowest BCUT2D eigenvalue weighted by atomic mass is 10.0. The van der Waals surface area contributed by atoms with Crippen LogP contribution in [0.3, 0.4) is 0 Å². The summed E-state index contributed by atoms with van der Waals surface area (Å²) in [7, 11) is 0. The van der Waals surface area contributed by atoms with Crippen molar-refractivity contribution in [1.82, 2.24) is 9.38 Å². The fourth-order valence-electron chi connectivity index (χ4n) is 4.16. The number of benzene rings is 4. The van der Waals surface area contributed by atoms with Crippen LogP contribution in [-0.2, 0) is 0 Å². The van der Waals surface area contributed by atoms with Gasteiger partial charge in [-0.3, -0.25) is 4.40 Å². The number of imidazole rings is 1. The van der Waals surface area contributed by atoms with E-state index >= 15 is 0 Å². The Kier molecular flexibility index (Phi) is 3.26. The number of fused-ring (bicyclic) bond motifs is 8. The van der Waals surface area contributed by atoms with Crippen LogP contribution < -0.4 is 0 Å². The molecule has 0 radical (unpaired) electrons. The maximum atomic E-state index is 6.23. The second kappa shape index (κ2) is 5.82. The van der Waals surface area contributed by atoms with Gasteiger partial charge in [0.25, 0.3) is 0 Å². The molecule has 2 aromatic heterocycles. The quantitative estimate of drug-likeness (QED) is 0.278. The fourth-order valence-corrected chi connectivity index (χ4v) is 4.35. The molecule has 0 N–H and O–H groups in total. The van der Waals surface area contributed by atoms with Crippen molar-refractivity contribution in [2.24, 2.45) is 0 Å². The Morgan fingerprint density at radius 1 is 0.607 bits per heavy atom. The number of para-hydroxylation sites is 2.